The molecule has 1 aromatic heterocycles. The monoisotopic (exact) mass is 343 g/mol. The number of nitrogens with one attached hydrogen (secondary N) is 1. The molecule has 2 heterocycles. The number of nitrogens with zero attached hydrogens (tertiary/aromatic N) is 2. The summed E-state index contributed by atoms with van der Waals surface area (Å²) in [5.41, 5.74) is 2.34. The van der Waals surface area contributed by atoms with Crippen LogP contribution in [0.15, 0.2) is 28.8 Å². The van der Waals surface area contributed by atoms with Crippen molar-refractivity contribution in [3.05, 3.63) is 46.8 Å². The van der Waals surface area contributed by atoms with Crippen LogP contribution in [-0.4, -0.2) is 42.7 Å². The summed E-state index contributed by atoms with van der Waals surface area (Å²) in [5, 5.41) is 6.92. The fourth-order valence-electron chi connectivity index (χ4n) is 3.42. The number of methoxy groups -OCH3 is 1. The zero-order valence-corrected chi connectivity index (χ0v) is 15.0. The van der Waals surface area contributed by atoms with E-state index in [1.54, 1.807) is 21.0 Å². The number of carbonyl (C=O) groups is 1. The van der Waals surface area contributed by atoms with Gasteiger partial charge in [0.05, 0.1) is 18.8 Å². The topological polar surface area (TPSA) is 67.6 Å². The summed E-state index contributed by atoms with van der Waals surface area (Å²) >= 11 is 0. The summed E-state index contributed by atoms with van der Waals surface area (Å²) in [7, 11) is 1.66. The van der Waals surface area contributed by atoms with Gasteiger partial charge in [-0.1, -0.05) is 17.3 Å². The highest BCUT2D eigenvalue weighted by Gasteiger charge is 2.25. The summed E-state index contributed by atoms with van der Waals surface area (Å²) in [6.07, 6.45) is 2.40. The Morgan fingerprint density at radius 1 is 1.28 bits per heavy atom. The highest BCUT2D eigenvalue weighted by molar-refractivity contribution is 5.96. The van der Waals surface area contributed by atoms with E-state index in [1.807, 2.05) is 12.1 Å². The van der Waals surface area contributed by atoms with Gasteiger partial charge in [-0.15, -0.1) is 0 Å². The van der Waals surface area contributed by atoms with Crippen LogP contribution in [0.2, 0.25) is 0 Å². The largest absolute Gasteiger partial charge is 0.497 e. The maximum Gasteiger partial charge on any atom is 0.256 e. The van der Waals surface area contributed by atoms with Crippen LogP contribution in [0.4, 0.5) is 0 Å². The van der Waals surface area contributed by atoms with Crippen molar-refractivity contribution in [2.45, 2.75) is 32.7 Å². The number of hydrogen-bond acceptors (Lipinski definition) is 5. The Balaban J connectivity index is 1.74. The first-order valence-corrected chi connectivity index (χ1v) is 8.69. The molecule has 3 rings (SSSR count). The van der Waals surface area contributed by atoms with E-state index in [0.29, 0.717) is 23.6 Å². The van der Waals surface area contributed by atoms with Gasteiger partial charge in [-0.2, -0.15) is 0 Å². The van der Waals surface area contributed by atoms with E-state index in [9.17, 15) is 4.79 Å². The molecule has 0 aliphatic carbocycles. The molecule has 0 bridgehead atoms. The SMILES string of the molecule is COc1ccc([C@H](CNC(=O)c2c(C)noc2C)N2CCCC2)cc1. The molecule has 1 saturated heterocycles. The number of benzene rings is 1. The predicted octanol–water partition coefficient (Wildman–Crippen LogP) is 2.87. The lowest BCUT2D eigenvalue weighted by Crippen LogP contribution is -2.37. The second-order valence-electron chi connectivity index (χ2n) is 6.44. The number of likely N-dealkylation sites (tertiary alicyclic amines) is 1. The Hall–Kier alpha value is -2.34. The van der Waals surface area contributed by atoms with Crippen LogP contribution in [0.1, 0.15) is 46.3 Å². The van der Waals surface area contributed by atoms with Crippen molar-refractivity contribution in [3.8, 4) is 5.75 Å². The van der Waals surface area contributed by atoms with E-state index in [0.717, 1.165) is 18.8 Å². The number of aryl methyl sites for hydroxylation is 2. The Morgan fingerprint density at radius 2 is 1.96 bits per heavy atom. The molecule has 134 valence electrons. The Labute approximate surface area is 148 Å². The first-order valence-electron chi connectivity index (χ1n) is 8.69. The Bertz CT molecular complexity index is 699. The van der Waals surface area contributed by atoms with Crippen molar-refractivity contribution >= 4 is 5.91 Å². The van der Waals surface area contributed by atoms with Crippen LogP contribution in [0.5, 0.6) is 5.75 Å². The van der Waals surface area contributed by atoms with Crippen molar-refractivity contribution in [1.82, 2.24) is 15.4 Å². The molecule has 1 fully saturated rings. The zero-order chi connectivity index (χ0) is 17.8. The summed E-state index contributed by atoms with van der Waals surface area (Å²) < 4.78 is 10.3. The lowest BCUT2D eigenvalue weighted by Gasteiger charge is -2.28. The molecular formula is C19H25N3O3. The molecule has 0 radical (unpaired) electrons. The minimum absolute atomic E-state index is 0.131. The van der Waals surface area contributed by atoms with E-state index in [-0.39, 0.29) is 11.9 Å². The van der Waals surface area contributed by atoms with Crippen molar-refractivity contribution in [2.75, 3.05) is 26.7 Å². The van der Waals surface area contributed by atoms with Gasteiger partial charge in [0.25, 0.3) is 5.91 Å². The summed E-state index contributed by atoms with van der Waals surface area (Å²) in [4.78, 5) is 15.0. The molecule has 2 aromatic rings. The first kappa shape index (κ1) is 17.5. The summed E-state index contributed by atoms with van der Waals surface area (Å²) in [5.74, 6) is 1.26. The molecule has 1 aliphatic heterocycles. The highest BCUT2D eigenvalue weighted by atomic mass is 16.5. The molecule has 0 spiro atoms. The van der Waals surface area contributed by atoms with Gasteiger partial charge in [0.2, 0.25) is 0 Å². The van der Waals surface area contributed by atoms with E-state index < -0.39 is 0 Å². The minimum Gasteiger partial charge on any atom is -0.497 e. The number of ether oxygens (including phenoxy) is 1. The normalized spacial score (nSPS) is 16.0. The third kappa shape index (κ3) is 3.85. The minimum atomic E-state index is -0.131. The van der Waals surface area contributed by atoms with Crippen molar-refractivity contribution in [1.29, 1.82) is 0 Å². The van der Waals surface area contributed by atoms with Crippen LogP contribution in [0.25, 0.3) is 0 Å². The quantitative estimate of drug-likeness (QED) is 0.873. The van der Waals surface area contributed by atoms with Crippen LogP contribution >= 0.6 is 0 Å². The van der Waals surface area contributed by atoms with Gasteiger partial charge in [0.1, 0.15) is 17.1 Å². The van der Waals surface area contributed by atoms with Gasteiger partial charge in [-0.25, -0.2) is 0 Å². The molecule has 1 N–H and O–H groups in total. The van der Waals surface area contributed by atoms with E-state index in [2.05, 4.69) is 27.5 Å². The van der Waals surface area contributed by atoms with Gasteiger partial charge in [-0.3, -0.25) is 9.69 Å². The van der Waals surface area contributed by atoms with Gasteiger partial charge in [-0.05, 0) is 57.5 Å². The number of carbonyl (C=O) groups excluding carboxylic acids is 1. The van der Waals surface area contributed by atoms with Crippen LogP contribution < -0.4 is 10.1 Å². The van der Waals surface area contributed by atoms with Crippen molar-refractivity contribution in [3.63, 3.8) is 0 Å². The average molecular weight is 343 g/mol. The molecular weight excluding hydrogens is 318 g/mol. The number of hydrogen-bond donors (Lipinski definition) is 1. The van der Waals surface area contributed by atoms with Crippen molar-refractivity contribution < 1.29 is 14.1 Å². The zero-order valence-electron chi connectivity index (χ0n) is 15.0. The smallest absolute Gasteiger partial charge is 0.256 e. The van der Waals surface area contributed by atoms with Crippen molar-refractivity contribution in [2.24, 2.45) is 0 Å². The first-order chi connectivity index (χ1) is 12.1. The maximum absolute atomic E-state index is 12.5. The fourth-order valence-corrected chi connectivity index (χ4v) is 3.42. The van der Waals surface area contributed by atoms with Gasteiger partial charge < -0.3 is 14.6 Å². The third-order valence-electron chi connectivity index (χ3n) is 4.80. The fraction of sp³-hybridized carbons (Fsp3) is 0.474. The third-order valence-corrected chi connectivity index (χ3v) is 4.80. The molecule has 6 nitrogen and oxygen atoms in total. The molecule has 1 aromatic carbocycles. The number of aromatic nitrogens is 1. The van der Waals surface area contributed by atoms with Gasteiger partial charge >= 0.3 is 0 Å². The number of rotatable bonds is 6. The molecule has 1 amide bonds. The maximum atomic E-state index is 12.5. The predicted molar refractivity (Wildman–Crippen MR) is 94.9 cm³/mol. The van der Waals surface area contributed by atoms with Crippen LogP contribution in [0, 0.1) is 13.8 Å². The number of amides is 1. The Kier molecular flexibility index (Phi) is 5.38. The second-order valence-corrected chi connectivity index (χ2v) is 6.44. The Morgan fingerprint density at radius 3 is 2.52 bits per heavy atom. The van der Waals surface area contributed by atoms with E-state index in [1.165, 1.54) is 18.4 Å². The standard InChI is InChI=1S/C19H25N3O3/c1-13-18(14(2)25-21-13)19(23)20-12-17(22-10-4-5-11-22)15-6-8-16(24-3)9-7-15/h6-9,17H,4-5,10-12H2,1-3H3,(H,20,23)/t17-/m0/s1. The van der Waals surface area contributed by atoms with E-state index in [4.69, 9.17) is 9.26 Å². The molecule has 1 atom stereocenters. The summed E-state index contributed by atoms with van der Waals surface area (Å²) in [6.45, 7) is 6.20. The molecule has 25 heavy (non-hydrogen) atoms. The summed E-state index contributed by atoms with van der Waals surface area (Å²) in [6, 6.07) is 8.23. The van der Waals surface area contributed by atoms with Crippen LogP contribution in [-0.2, 0) is 0 Å². The van der Waals surface area contributed by atoms with Gasteiger partial charge in [0.15, 0.2) is 0 Å². The van der Waals surface area contributed by atoms with Crippen LogP contribution in [0.3, 0.4) is 0 Å². The highest BCUT2D eigenvalue weighted by Crippen LogP contribution is 2.26. The molecule has 1 aliphatic rings. The lowest BCUT2D eigenvalue weighted by atomic mass is 10.0. The second kappa shape index (κ2) is 7.70. The molecule has 6 heteroatoms. The molecule has 0 unspecified atom stereocenters. The average Bonchev–Trinajstić information content (AvgIpc) is 3.26. The van der Waals surface area contributed by atoms with Gasteiger partial charge in [0, 0.05) is 6.54 Å². The van der Waals surface area contributed by atoms with E-state index >= 15 is 0 Å². The lowest BCUT2D eigenvalue weighted by molar-refractivity contribution is 0.0936. The molecule has 0 saturated carbocycles.